The summed E-state index contributed by atoms with van der Waals surface area (Å²) in [5.41, 5.74) is 0. The van der Waals surface area contributed by atoms with Gasteiger partial charge < -0.3 is 108 Å². The van der Waals surface area contributed by atoms with Gasteiger partial charge in [-0.25, -0.2) is 0 Å². The largest absolute Gasteiger partial charge is 0.416 e. The van der Waals surface area contributed by atoms with E-state index in [0.29, 0.717) is 110 Å². The highest BCUT2D eigenvalue weighted by molar-refractivity contribution is 6.97. The van der Waals surface area contributed by atoms with Crippen LogP contribution in [0.4, 0.5) is 0 Å². The summed E-state index contributed by atoms with van der Waals surface area (Å²) in [4.78, 5) is 0. The summed E-state index contributed by atoms with van der Waals surface area (Å²) >= 11 is 0. The second-order valence-electron chi connectivity index (χ2n) is 54.4. The lowest BCUT2D eigenvalue weighted by Crippen LogP contribution is -2.67. The third-order valence-corrected chi connectivity index (χ3v) is 111. The average molecular weight is 2290 g/mol. The highest BCUT2D eigenvalue weighted by Gasteiger charge is 2.65. The van der Waals surface area contributed by atoms with Crippen molar-refractivity contribution in [2.45, 2.75) is 597 Å². The third kappa shape index (κ3) is 32.3. The highest BCUT2D eigenvalue weighted by atomic mass is 28.6. The van der Waals surface area contributed by atoms with Gasteiger partial charge in [0.1, 0.15) is 0 Å². The van der Waals surface area contributed by atoms with Crippen molar-refractivity contribution in [3.63, 3.8) is 0 Å². The number of rotatable bonds is 35. The Balaban J connectivity index is 0.000000122. The van der Waals surface area contributed by atoms with Crippen molar-refractivity contribution in [3.05, 3.63) is 0 Å². The zero-order valence-corrected chi connectivity index (χ0v) is 110. The van der Waals surface area contributed by atoms with Crippen molar-refractivity contribution < 1.29 is 108 Å². The van der Waals surface area contributed by atoms with Crippen LogP contribution in [0.3, 0.4) is 0 Å². The van der Waals surface area contributed by atoms with E-state index in [0.717, 1.165) is 158 Å². The summed E-state index contributed by atoms with van der Waals surface area (Å²) in [6, 6.07) is 13.6. The molecule has 9 saturated carbocycles. The molecule has 0 spiro atoms. The molecular weight excluding hydrogens is 2090 g/mol. The lowest BCUT2D eigenvalue weighted by molar-refractivity contribution is 0.212. The van der Waals surface area contributed by atoms with Gasteiger partial charge in [0.15, 0.2) is 0 Å². The number of hydrogen-bond donors (Lipinski definition) is 0. The standard InChI is InChI=1S/C31H58O7Si4.C26H52O6Si4.C24H48O6Si4.C22H44O6Si4/c1-6-16-39(2)35-40(3,17-13-23-7-10-26-29(20-23)32-26)37-42(5,19-15-25-9-12-28-31(22-25)34-28)38-41(4,36-39)18-14-24-8-11-27-30(21-24)33-27;1-7-15-33(3)29-34(4,16-8-2)31-36(6,18-14-22-10-12-24-26(20-22)28-24)32-35(5,30-33)17-13-21-9-11-23-25(19-21)27-23;1-7-14-32(4)29-33(5,15-12-19-8-10-21-23(17-19)25-21)27-31(2,3)28-34(6,30-32)16-13-20-9-11-22-24(18-20)26-22;1-29(2)25-31(5,13-11-17-7-9-19-21(15-17)23-19)27-30(3,4)28-32(6,26-29)14-12-18-8-10-20-22(16-18)24-20/h23-31H,6-22H2,1-5H3;21-26H,7-20H2,1-6H3;19-24H,7-18H2,1-6H3;17-22H,7-16H2,1-6H3. The van der Waals surface area contributed by atoms with Crippen LogP contribution >= 0.6 is 0 Å². The predicted octanol–water partition coefficient (Wildman–Crippen LogP) is 26.6. The van der Waals surface area contributed by atoms with Gasteiger partial charge in [-0.2, -0.15) is 0 Å². The Bertz CT molecular complexity index is 3980. The van der Waals surface area contributed by atoms with Gasteiger partial charge in [0, 0.05) is 0 Å². The van der Waals surface area contributed by atoms with Crippen molar-refractivity contribution in [2.75, 3.05) is 0 Å². The molecule has 22 fully saturated rings. The van der Waals surface area contributed by atoms with Gasteiger partial charge in [0.05, 0.1) is 110 Å². The molecule has 22 aliphatic rings. The molecule has 828 valence electrons. The lowest BCUT2D eigenvalue weighted by atomic mass is 9.88. The Kier molecular flexibility index (Phi) is 36.4. The molecule has 35 unspecified atom stereocenters. The average Bonchev–Trinajstić information content (AvgIpc) is 1.20. The molecule has 0 aromatic carbocycles. The van der Waals surface area contributed by atoms with E-state index in [-0.39, 0.29) is 0 Å². The van der Waals surface area contributed by atoms with Crippen LogP contribution in [-0.4, -0.2) is 247 Å². The summed E-state index contributed by atoms with van der Waals surface area (Å²) in [5.74, 6) is 6.72. The van der Waals surface area contributed by atoms with Crippen LogP contribution in [-0.2, 0) is 108 Å². The number of fused-ring (bicyclic) bond motifs is 9. The summed E-state index contributed by atoms with van der Waals surface area (Å²) in [6.07, 6.45) is 58.8. The Morgan fingerprint density at radius 2 is 0.236 bits per heavy atom. The van der Waals surface area contributed by atoms with Gasteiger partial charge in [-0.3, -0.25) is 0 Å². The first kappa shape index (κ1) is 115. The molecule has 41 heteroatoms. The van der Waals surface area contributed by atoms with Crippen LogP contribution in [0, 0.1) is 53.3 Å². The van der Waals surface area contributed by atoms with Crippen LogP contribution in [0.2, 0.25) is 203 Å². The molecule has 22 rings (SSSR count). The highest BCUT2D eigenvalue weighted by Crippen LogP contribution is 2.55. The SMILES string of the molecule is CCC[Si]1(C)O[Si](C)(CCC)O[Si](C)(CCC2CCC3OC3C2)O[Si](C)(CCC2CCC3OC3C2)O1.CCC[Si]1(C)O[Si](C)(CCC2CCC3OC3C2)O[Si](C)(C)O[Si](C)(CCC2CCC3OC3C2)O1.CCC[Si]1(C)O[Si](C)(CCC2CCC3OC3C2)O[Si](C)(CCC2CCC3OC3C2)O[Si](C)(CCC2CCC3OC3C2)O1.C[Si]1(C)O[Si](C)(CCC2CCC3OC3C2)O[Si](C)(C)O[Si](C)(CCC2CCC3OC3C2)O1. The number of epoxide rings is 9. The minimum atomic E-state index is -2.55. The fourth-order valence-corrected chi connectivity index (χ4v) is 124. The molecule has 0 bridgehead atoms. The van der Waals surface area contributed by atoms with Gasteiger partial charge >= 0.3 is 137 Å². The van der Waals surface area contributed by atoms with E-state index < -0.39 is 137 Å². The van der Waals surface area contributed by atoms with Gasteiger partial charge in [-0.15, -0.1) is 0 Å². The van der Waals surface area contributed by atoms with Crippen molar-refractivity contribution in [1.82, 2.24) is 0 Å². The minimum absolute atomic E-state index is 0.528. The van der Waals surface area contributed by atoms with E-state index in [4.69, 9.17) is 108 Å². The van der Waals surface area contributed by atoms with E-state index in [1.54, 1.807) is 0 Å². The zero-order valence-electron chi connectivity index (χ0n) is 94.3. The van der Waals surface area contributed by atoms with Crippen molar-refractivity contribution >= 4 is 137 Å². The maximum Gasteiger partial charge on any atom is 0.317 e. The molecule has 0 N–H and O–H groups in total. The fourth-order valence-electron chi connectivity index (χ4n) is 31.1. The summed E-state index contributed by atoms with van der Waals surface area (Å²) in [5, 5.41) is 0. The Morgan fingerprint density at radius 3 is 0.347 bits per heavy atom. The van der Waals surface area contributed by atoms with Gasteiger partial charge in [0.2, 0.25) is 0 Å². The second-order valence-corrected chi connectivity index (χ2v) is 112. The summed E-state index contributed by atoms with van der Waals surface area (Å²) in [6.45, 7) is 52.5. The monoisotopic (exact) mass is 2290 g/mol. The van der Waals surface area contributed by atoms with Crippen molar-refractivity contribution in [3.8, 4) is 0 Å². The molecule has 25 nitrogen and oxygen atoms in total. The lowest BCUT2D eigenvalue weighted by Gasteiger charge is -2.51. The smallest absolute Gasteiger partial charge is 0.317 e. The van der Waals surface area contributed by atoms with E-state index >= 15 is 0 Å². The summed E-state index contributed by atoms with van der Waals surface area (Å²) in [7, 11) is -38.7. The van der Waals surface area contributed by atoms with Gasteiger partial charge in [-0.05, 0) is 487 Å². The van der Waals surface area contributed by atoms with Crippen LogP contribution in [0.1, 0.15) is 285 Å². The Labute approximate surface area is 889 Å². The molecule has 144 heavy (non-hydrogen) atoms. The summed E-state index contributed by atoms with van der Waals surface area (Å²) < 4.78 is 167. The molecular formula is C103H202O25Si16. The van der Waals surface area contributed by atoms with Crippen LogP contribution in [0.25, 0.3) is 0 Å². The van der Waals surface area contributed by atoms with Crippen molar-refractivity contribution in [2.24, 2.45) is 53.3 Å². The normalized spacial score (nSPS) is 50.9. The molecule has 13 aliphatic heterocycles. The molecule has 0 amide bonds. The molecule has 0 aromatic heterocycles. The van der Waals surface area contributed by atoms with E-state index in [2.05, 4.69) is 152 Å². The molecule has 0 radical (unpaired) electrons. The number of ether oxygens (including phenoxy) is 9. The first-order chi connectivity index (χ1) is 68.0. The fraction of sp³-hybridized carbons (Fsp3) is 1.00. The second kappa shape index (κ2) is 45.8. The van der Waals surface area contributed by atoms with Crippen LogP contribution < -0.4 is 0 Å². The zero-order chi connectivity index (χ0) is 102. The van der Waals surface area contributed by atoms with Crippen molar-refractivity contribution in [1.29, 1.82) is 0 Å². The van der Waals surface area contributed by atoms with Gasteiger partial charge in [0.25, 0.3) is 0 Å². The first-order valence-corrected chi connectivity index (χ1v) is 101. The van der Waals surface area contributed by atoms with E-state index in [9.17, 15) is 0 Å². The van der Waals surface area contributed by atoms with E-state index in [1.165, 1.54) is 231 Å². The molecule has 35 atom stereocenters. The molecule has 0 aromatic rings. The van der Waals surface area contributed by atoms with E-state index in [1.807, 2.05) is 0 Å². The molecule has 9 aliphatic carbocycles. The predicted molar refractivity (Wildman–Crippen MR) is 600 cm³/mol. The van der Waals surface area contributed by atoms with Crippen LogP contribution in [0.5, 0.6) is 0 Å². The Hall–Kier alpha value is 2.47. The maximum atomic E-state index is 7.52. The molecule has 13 heterocycles. The van der Waals surface area contributed by atoms with Gasteiger partial charge in [-0.1, -0.05) is 53.4 Å². The quantitative estimate of drug-likeness (QED) is 0.0422. The first-order valence-electron chi connectivity index (χ1n) is 60.1. The topological polar surface area (TPSA) is 260 Å². The minimum Gasteiger partial charge on any atom is -0.416 e. The third-order valence-electron chi connectivity index (χ3n) is 38.0. The number of hydrogen-bond acceptors (Lipinski definition) is 25. The Morgan fingerprint density at radius 1 is 0.132 bits per heavy atom. The maximum absolute atomic E-state index is 7.52. The molecule has 13 saturated heterocycles. The van der Waals surface area contributed by atoms with Crippen LogP contribution in [0.15, 0.2) is 0 Å².